The predicted octanol–water partition coefficient (Wildman–Crippen LogP) is 2.24. The summed E-state index contributed by atoms with van der Waals surface area (Å²) in [6.07, 6.45) is 2.49. The molecule has 1 aliphatic rings. The van der Waals surface area contributed by atoms with Crippen LogP contribution in [-0.4, -0.2) is 42.8 Å². The van der Waals surface area contributed by atoms with Gasteiger partial charge >= 0.3 is 0 Å². The average molecular weight is 327 g/mol. The summed E-state index contributed by atoms with van der Waals surface area (Å²) >= 11 is 3.45. The molecule has 0 aromatic heterocycles. The van der Waals surface area contributed by atoms with Gasteiger partial charge in [0.2, 0.25) is 0 Å². The van der Waals surface area contributed by atoms with E-state index in [2.05, 4.69) is 50.4 Å². The first-order chi connectivity index (χ1) is 9.28. The number of nitrogens with one attached hydrogen (secondary N) is 1. The van der Waals surface area contributed by atoms with Crippen molar-refractivity contribution >= 4 is 15.9 Å². The molecule has 1 aliphatic heterocycles. The van der Waals surface area contributed by atoms with Gasteiger partial charge in [-0.25, -0.2) is 0 Å². The monoisotopic (exact) mass is 326 g/mol. The quantitative estimate of drug-likeness (QED) is 0.841. The minimum atomic E-state index is 0.284. The van der Waals surface area contributed by atoms with Crippen LogP contribution in [0.15, 0.2) is 28.7 Å². The summed E-state index contributed by atoms with van der Waals surface area (Å²) in [5.74, 6) is 0.783. The summed E-state index contributed by atoms with van der Waals surface area (Å²) in [7, 11) is 0. The van der Waals surface area contributed by atoms with Crippen LogP contribution in [0.4, 0.5) is 0 Å². The van der Waals surface area contributed by atoms with Crippen LogP contribution in [0, 0.1) is 5.92 Å². The Kier molecular flexibility index (Phi) is 6.31. The van der Waals surface area contributed by atoms with Crippen LogP contribution in [0.2, 0.25) is 0 Å². The van der Waals surface area contributed by atoms with Gasteiger partial charge in [-0.05, 0) is 56.1 Å². The number of rotatable bonds is 6. The maximum atomic E-state index is 8.91. The molecule has 0 bridgehead atoms. The molecule has 0 atom stereocenters. The Bertz CT molecular complexity index is 361. The van der Waals surface area contributed by atoms with E-state index in [4.69, 9.17) is 5.11 Å². The Morgan fingerprint density at radius 2 is 1.89 bits per heavy atom. The highest BCUT2D eigenvalue weighted by Crippen LogP contribution is 2.16. The van der Waals surface area contributed by atoms with Crippen LogP contribution in [0.5, 0.6) is 0 Å². The van der Waals surface area contributed by atoms with Crippen molar-refractivity contribution in [3.8, 4) is 0 Å². The Morgan fingerprint density at radius 3 is 2.53 bits per heavy atom. The lowest BCUT2D eigenvalue weighted by Crippen LogP contribution is -2.38. The van der Waals surface area contributed by atoms with Crippen molar-refractivity contribution in [2.24, 2.45) is 5.92 Å². The van der Waals surface area contributed by atoms with Gasteiger partial charge < -0.3 is 15.3 Å². The van der Waals surface area contributed by atoms with Gasteiger partial charge in [0.05, 0.1) is 6.61 Å². The van der Waals surface area contributed by atoms with E-state index in [-0.39, 0.29) is 6.61 Å². The van der Waals surface area contributed by atoms with Crippen molar-refractivity contribution in [1.82, 2.24) is 10.2 Å². The molecule has 19 heavy (non-hydrogen) atoms. The number of aliphatic hydroxyl groups excluding tert-OH is 1. The largest absolute Gasteiger partial charge is 0.395 e. The second-order valence-corrected chi connectivity index (χ2v) is 6.18. The number of piperidine rings is 1. The molecule has 0 amide bonds. The van der Waals surface area contributed by atoms with Crippen molar-refractivity contribution < 1.29 is 5.11 Å². The van der Waals surface area contributed by atoms with Gasteiger partial charge in [-0.1, -0.05) is 28.1 Å². The second kappa shape index (κ2) is 8.00. The van der Waals surface area contributed by atoms with E-state index in [1.807, 2.05) is 0 Å². The maximum Gasteiger partial charge on any atom is 0.0558 e. The zero-order chi connectivity index (χ0) is 13.5. The smallest absolute Gasteiger partial charge is 0.0558 e. The van der Waals surface area contributed by atoms with Crippen molar-refractivity contribution in [2.75, 3.05) is 32.8 Å². The molecule has 106 valence electrons. The zero-order valence-electron chi connectivity index (χ0n) is 11.3. The lowest BCUT2D eigenvalue weighted by atomic mass is 9.97. The molecule has 2 rings (SSSR count). The number of β-amino-alcohol motifs (C(OH)–C–C–N with tert-alkyl or cyclic N) is 1. The molecule has 1 saturated heterocycles. The number of hydrogen-bond acceptors (Lipinski definition) is 3. The molecule has 1 aromatic rings. The van der Waals surface area contributed by atoms with Crippen molar-refractivity contribution in [2.45, 2.75) is 19.4 Å². The molecular formula is C15H23BrN2O. The van der Waals surface area contributed by atoms with Gasteiger partial charge in [0.15, 0.2) is 0 Å². The molecule has 0 radical (unpaired) electrons. The van der Waals surface area contributed by atoms with Crippen LogP contribution in [0.3, 0.4) is 0 Å². The predicted molar refractivity (Wildman–Crippen MR) is 82.1 cm³/mol. The number of aliphatic hydroxyl groups is 1. The Balaban J connectivity index is 1.63. The van der Waals surface area contributed by atoms with E-state index in [1.165, 1.54) is 18.4 Å². The summed E-state index contributed by atoms with van der Waals surface area (Å²) in [5.41, 5.74) is 1.33. The first kappa shape index (κ1) is 15.0. The summed E-state index contributed by atoms with van der Waals surface area (Å²) < 4.78 is 1.13. The van der Waals surface area contributed by atoms with E-state index >= 15 is 0 Å². The van der Waals surface area contributed by atoms with Crippen LogP contribution < -0.4 is 5.32 Å². The lowest BCUT2D eigenvalue weighted by molar-refractivity contribution is 0.146. The first-order valence-corrected chi connectivity index (χ1v) is 7.85. The summed E-state index contributed by atoms with van der Waals surface area (Å²) in [4.78, 5) is 2.35. The van der Waals surface area contributed by atoms with Crippen LogP contribution in [0.25, 0.3) is 0 Å². The van der Waals surface area contributed by atoms with Gasteiger partial charge in [0.1, 0.15) is 0 Å². The first-order valence-electron chi connectivity index (χ1n) is 7.06. The molecule has 2 N–H and O–H groups in total. The highest BCUT2D eigenvalue weighted by molar-refractivity contribution is 9.10. The maximum absolute atomic E-state index is 8.91. The van der Waals surface area contributed by atoms with Crippen molar-refractivity contribution in [1.29, 1.82) is 0 Å². The van der Waals surface area contributed by atoms with Gasteiger partial charge in [-0.3, -0.25) is 0 Å². The summed E-state index contributed by atoms with van der Waals surface area (Å²) in [6.45, 7) is 5.43. The standard InChI is InChI=1S/C15H23BrN2O/c16-15-3-1-13(2-4-15)11-17-12-14-5-7-18(8-6-14)9-10-19/h1-4,14,17,19H,5-12H2. The second-order valence-electron chi connectivity index (χ2n) is 5.27. The summed E-state index contributed by atoms with van der Waals surface area (Å²) in [6, 6.07) is 8.48. The van der Waals surface area contributed by atoms with Gasteiger partial charge in [0.25, 0.3) is 0 Å². The lowest BCUT2D eigenvalue weighted by Gasteiger charge is -2.31. The molecule has 1 aromatic carbocycles. The molecule has 0 aliphatic carbocycles. The Hall–Kier alpha value is -0.420. The Morgan fingerprint density at radius 1 is 1.21 bits per heavy atom. The Labute approximate surface area is 124 Å². The van der Waals surface area contributed by atoms with E-state index in [1.54, 1.807) is 0 Å². The topological polar surface area (TPSA) is 35.5 Å². The van der Waals surface area contributed by atoms with E-state index in [9.17, 15) is 0 Å². The highest BCUT2D eigenvalue weighted by Gasteiger charge is 2.17. The van der Waals surface area contributed by atoms with Crippen LogP contribution >= 0.6 is 15.9 Å². The summed E-state index contributed by atoms with van der Waals surface area (Å²) in [5, 5.41) is 12.5. The molecule has 4 heteroatoms. The fourth-order valence-electron chi connectivity index (χ4n) is 2.58. The number of hydrogen-bond donors (Lipinski definition) is 2. The van der Waals surface area contributed by atoms with Gasteiger partial charge in [-0.2, -0.15) is 0 Å². The molecule has 1 fully saturated rings. The third-order valence-electron chi connectivity index (χ3n) is 3.80. The van der Waals surface area contributed by atoms with Crippen molar-refractivity contribution in [3.63, 3.8) is 0 Å². The third-order valence-corrected chi connectivity index (χ3v) is 4.33. The highest BCUT2D eigenvalue weighted by atomic mass is 79.9. The zero-order valence-corrected chi connectivity index (χ0v) is 12.9. The van der Waals surface area contributed by atoms with Crippen LogP contribution in [0.1, 0.15) is 18.4 Å². The minimum absolute atomic E-state index is 0.284. The van der Waals surface area contributed by atoms with E-state index in [0.717, 1.165) is 43.1 Å². The van der Waals surface area contributed by atoms with E-state index in [0.29, 0.717) is 0 Å². The van der Waals surface area contributed by atoms with Crippen LogP contribution in [-0.2, 0) is 6.54 Å². The third kappa shape index (κ3) is 5.22. The molecule has 1 heterocycles. The SMILES string of the molecule is OCCN1CCC(CNCc2ccc(Br)cc2)CC1. The van der Waals surface area contributed by atoms with Crippen molar-refractivity contribution in [3.05, 3.63) is 34.3 Å². The van der Waals surface area contributed by atoms with Gasteiger partial charge in [-0.15, -0.1) is 0 Å². The molecular weight excluding hydrogens is 304 g/mol. The fraction of sp³-hybridized carbons (Fsp3) is 0.600. The normalized spacial score (nSPS) is 17.8. The number of nitrogens with zero attached hydrogens (tertiary/aromatic N) is 1. The molecule has 0 saturated carbocycles. The number of halogens is 1. The van der Waals surface area contributed by atoms with E-state index < -0.39 is 0 Å². The fourth-order valence-corrected chi connectivity index (χ4v) is 2.84. The van der Waals surface area contributed by atoms with Gasteiger partial charge in [0, 0.05) is 17.6 Å². The average Bonchev–Trinajstić information content (AvgIpc) is 2.43. The molecule has 0 unspecified atom stereocenters. The molecule has 3 nitrogen and oxygen atoms in total. The number of benzene rings is 1. The minimum Gasteiger partial charge on any atom is -0.395 e. The number of likely N-dealkylation sites (tertiary alicyclic amines) is 1. The molecule has 0 spiro atoms.